The zero-order chi connectivity index (χ0) is 45.2. The van der Waals surface area contributed by atoms with Crippen molar-refractivity contribution < 1.29 is 19.2 Å². The molecule has 0 saturated carbocycles. The third-order valence-corrected chi connectivity index (χ3v) is 12.8. The maximum absolute atomic E-state index is 14.2. The van der Waals surface area contributed by atoms with Crippen LogP contribution in [-0.2, 0) is 36.5 Å². The number of nitrogens with two attached hydrogens (primary N) is 2. The molecule has 11 heteroatoms. The van der Waals surface area contributed by atoms with Crippen LogP contribution in [0.1, 0.15) is 128 Å². The Bertz CT molecular complexity index is 2420. The van der Waals surface area contributed by atoms with Crippen molar-refractivity contribution in [2.24, 2.45) is 11.5 Å². The average Bonchev–Trinajstić information content (AvgIpc) is 3.24. The van der Waals surface area contributed by atoms with E-state index in [0.29, 0.717) is 46.8 Å². The van der Waals surface area contributed by atoms with Crippen molar-refractivity contribution in [1.29, 1.82) is 5.26 Å². The van der Waals surface area contributed by atoms with Gasteiger partial charge >= 0.3 is 0 Å². The Labute approximate surface area is 373 Å². The molecule has 0 aliphatic rings. The fourth-order valence-corrected chi connectivity index (χ4v) is 8.79. The van der Waals surface area contributed by atoms with Gasteiger partial charge in [-0.15, -0.1) is 29.9 Å². The molecule has 4 N–H and O–H groups in total. The Morgan fingerprint density at radius 3 is 1.35 bits per heavy atom. The third-order valence-electron chi connectivity index (χ3n) is 10.3. The fraction of sp³-hybridized carbons (Fsp3) is 0.314. The topological polar surface area (TPSA) is 170 Å². The van der Waals surface area contributed by atoms with E-state index in [1.165, 1.54) is 35.9 Å². The number of benzene rings is 4. The summed E-state index contributed by atoms with van der Waals surface area (Å²) in [5, 5.41) is 9.43. The van der Waals surface area contributed by atoms with Crippen LogP contribution in [-0.4, -0.2) is 57.7 Å². The minimum Gasteiger partial charge on any atom is -0.330 e. The van der Waals surface area contributed by atoms with Crippen molar-refractivity contribution in [3.8, 4) is 18.4 Å². The van der Waals surface area contributed by atoms with Gasteiger partial charge in [0.15, 0.2) is 23.1 Å². The van der Waals surface area contributed by atoms with Crippen molar-refractivity contribution in [3.05, 3.63) is 152 Å². The van der Waals surface area contributed by atoms with Gasteiger partial charge in [0.25, 0.3) is 0 Å². The van der Waals surface area contributed by atoms with E-state index >= 15 is 0 Å². The number of nitrogens with zero attached hydrogens (tertiary/aromatic N) is 3. The van der Waals surface area contributed by atoms with Crippen molar-refractivity contribution in [2.45, 2.75) is 87.8 Å². The Balaban J connectivity index is 1.49. The molecular formula is C51H53N5O4S2. The minimum absolute atomic E-state index is 0.0304. The van der Waals surface area contributed by atoms with Gasteiger partial charge in [-0.25, -0.2) is 9.97 Å². The highest BCUT2D eigenvalue weighted by molar-refractivity contribution is 7.99. The number of carbonyl (C=O) groups is 4. The van der Waals surface area contributed by atoms with E-state index in [2.05, 4.69) is 63.5 Å². The summed E-state index contributed by atoms with van der Waals surface area (Å²) in [6.45, 7) is 13.2. The highest BCUT2D eigenvalue weighted by atomic mass is 32.2. The largest absolute Gasteiger partial charge is 0.330 e. The van der Waals surface area contributed by atoms with Crippen molar-refractivity contribution >= 4 is 46.7 Å². The molecule has 1 heterocycles. The lowest BCUT2D eigenvalue weighted by atomic mass is 9.83. The van der Waals surface area contributed by atoms with Gasteiger partial charge in [-0.3, -0.25) is 19.2 Å². The molecule has 9 nitrogen and oxygen atoms in total. The molecule has 5 rings (SSSR count). The monoisotopic (exact) mass is 863 g/mol. The molecule has 0 unspecified atom stereocenters. The van der Waals surface area contributed by atoms with Gasteiger partial charge in [0.2, 0.25) is 0 Å². The second-order valence-corrected chi connectivity index (χ2v) is 19.3. The smallest absolute Gasteiger partial charge is 0.185 e. The summed E-state index contributed by atoms with van der Waals surface area (Å²) in [4.78, 5) is 66.0. The molecule has 318 valence electrons. The first kappa shape index (κ1) is 47.4. The van der Waals surface area contributed by atoms with E-state index in [9.17, 15) is 24.4 Å². The number of thioether (sulfide) groups is 2. The number of terminal acetylenes is 1. The van der Waals surface area contributed by atoms with Crippen LogP contribution in [0.3, 0.4) is 0 Å². The number of carbonyl (C=O) groups excluding carboxylic acids is 4. The number of hydrogen-bond donors (Lipinski definition) is 2. The number of ketones is 4. The molecule has 0 aliphatic heterocycles. The molecule has 0 saturated heterocycles. The van der Waals surface area contributed by atoms with Gasteiger partial charge in [0.1, 0.15) is 17.7 Å². The van der Waals surface area contributed by atoms with Gasteiger partial charge in [-0.1, -0.05) is 96.0 Å². The quantitative estimate of drug-likeness (QED) is 0.0491. The lowest BCUT2D eigenvalue weighted by molar-refractivity contribution is 0.0978. The van der Waals surface area contributed by atoms with Gasteiger partial charge in [0.05, 0.1) is 11.6 Å². The maximum Gasteiger partial charge on any atom is 0.185 e. The Kier molecular flexibility index (Phi) is 16.0. The predicted molar refractivity (Wildman–Crippen MR) is 250 cm³/mol. The Morgan fingerprint density at radius 2 is 0.984 bits per heavy atom. The van der Waals surface area contributed by atoms with E-state index in [-0.39, 0.29) is 71.0 Å². The molecule has 4 aromatic carbocycles. The zero-order valence-electron chi connectivity index (χ0n) is 36.3. The van der Waals surface area contributed by atoms with Crippen molar-refractivity contribution in [2.75, 3.05) is 24.6 Å². The molecule has 0 atom stereocenters. The van der Waals surface area contributed by atoms with Crippen LogP contribution in [0.2, 0.25) is 0 Å². The van der Waals surface area contributed by atoms with E-state index in [4.69, 9.17) is 17.9 Å². The first-order valence-electron chi connectivity index (χ1n) is 20.5. The van der Waals surface area contributed by atoms with Crippen LogP contribution in [0.5, 0.6) is 0 Å². The first-order chi connectivity index (χ1) is 29.4. The standard InChI is InChI=1S/C51H53N5O4S2/c1-8-32-11-9-13-34(19-32)44(57)25-36-21-40(50(2,3)4)23-38(48(36)61-17-15-52)27-46(59)42-29-43(56-31-55-42)47(60)28-39-24-41(51(5,6)7)22-37(49(39)62-18-16-53)26-45(58)35-14-10-12-33(20-35)30-54/h1,9-14,19-24,29,31H,15-18,25-28,52-53H2,2-7H3. The van der Waals surface area contributed by atoms with Gasteiger partial charge in [-0.05, 0) is 74.5 Å². The van der Waals surface area contributed by atoms with Crippen LogP contribution in [0.15, 0.2) is 95.0 Å². The Hall–Kier alpha value is -5.69. The van der Waals surface area contributed by atoms with Gasteiger partial charge in [0, 0.05) is 76.8 Å². The van der Waals surface area contributed by atoms with Crippen LogP contribution >= 0.6 is 23.5 Å². The number of aromatic nitrogens is 2. The van der Waals surface area contributed by atoms with E-state index in [1.807, 2.05) is 24.3 Å². The van der Waals surface area contributed by atoms with Gasteiger partial charge < -0.3 is 11.5 Å². The highest BCUT2D eigenvalue weighted by Crippen LogP contribution is 2.36. The second kappa shape index (κ2) is 20.9. The molecule has 62 heavy (non-hydrogen) atoms. The van der Waals surface area contributed by atoms with E-state index < -0.39 is 0 Å². The summed E-state index contributed by atoms with van der Waals surface area (Å²) in [6, 6.07) is 25.3. The first-order valence-corrected chi connectivity index (χ1v) is 22.4. The lowest BCUT2D eigenvalue weighted by Crippen LogP contribution is -2.17. The Morgan fingerprint density at radius 1 is 0.597 bits per heavy atom. The molecule has 0 spiro atoms. The van der Waals surface area contributed by atoms with Crippen molar-refractivity contribution in [3.63, 3.8) is 0 Å². The van der Waals surface area contributed by atoms with E-state index in [1.54, 1.807) is 48.5 Å². The summed E-state index contributed by atoms with van der Waals surface area (Å²) in [5.41, 5.74) is 18.4. The SMILES string of the molecule is C#Cc1cccc(C(=O)Cc2cc(C(C)(C)C)cc(CC(=O)c3cc(C(=O)Cc4cc(C(C)(C)C)cc(CC(=O)c5cccc(C#N)c5)c4SCCN)ncn3)c2SCCN)c1. The predicted octanol–water partition coefficient (Wildman–Crippen LogP) is 8.73. The molecule has 0 bridgehead atoms. The maximum atomic E-state index is 14.2. The molecule has 0 fully saturated rings. The number of hydrogen-bond acceptors (Lipinski definition) is 11. The number of Topliss-reactive ketones (excluding diaryl/α,β-unsaturated/α-hetero) is 4. The van der Waals surface area contributed by atoms with Crippen LogP contribution in [0.25, 0.3) is 0 Å². The highest BCUT2D eigenvalue weighted by Gasteiger charge is 2.26. The molecule has 0 radical (unpaired) electrons. The summed E-state index contributed by atoms with van der Waals surface area (Å²) < 4.78 is 0. The van der Waals surface area contributed by atoms with Crippen LogP contribution in [0.4, 0.5) is 0 Å². The molecule has 0 amide bonds. The fourth-order valence-electron chi connectivity index (χ4n) is 6.88. The van der Waals surface area contributed by atoms with Crippen LogP contribution < -0.4 is 11.5 Å². The summed E-state index contributed by atoms with van der Waals surface area (Å²) in [5.74, 6) is 2.86. The summed E-state index contributed by atoms with van der Waals surface area (Å²) in [6.07, 6.45) is 6.95. The molecule has 0 aliphatic carbocycles. The minimum atomic E-state index is -0.315. The third kappa shape index (κ3) is 12.2. The number of nitriles is 1. The summed E-state index contributed by atoms with van der Waals surface area (Å²) >= 11 is 3.00. The van der Waals surface area contributed by atoms with E-state index in [0.717, 1.165) is 43.2 Å². The number of rotatable bonds is 18. The zero-order valence-corrected chi connectivity index (χ0v) is 37.9. The van der Waals surface area contributed by atoms with Crippen molar-refractivity contribution in [1.82, 2.24) is 9.97 Å². The molecular weight excluding hydrogens is 811 g/mol. The van der Waals surface area contributed by atoms with Gasteiger partial charge in [-0.2, -0.15) is 5.26 Å². The molecule has 5 aromatic rings. The second-order valence-electron chi connectivity index (χ2n) is 17.1. The normalized spacial score (nSPS) is 11.5. The van der Waals surface area contributed by atoms with Crippen LogP contribution in [0, 0.1) is 23.7 Å². The summed E-state index contributed by atoms with van der Waals surface area (Å²) in [7, 11) is 0. The average molecular weight is 864 g/mol. The lowest BCUT2D eigenvalue weighted by Gasteiger charge is -2.24. The molecule has 1 aromatic heterocycles.